The maximum absolute atomic E-state index is 13.0. The molecule has 7 nitrogen and oxygen atoms in total. The van der Waals surface area contributed by atoms with Crippen LogP contribution in [0, 0.1) is 0 Å². The lowest BCUT2D eigenvalue weighted by atomic mass is 10.2. The third-order valence-electron chi connectivity index (χ3n) is 6.07. The van der Waals surface area contributed by atoms with Crippen molar-refractivity contribution in [3.05, 3.63) is 50.5 Å². The lowest BCUT2D eigenvalue weighted by Gasteiger charge is -2.26. The Bertz CT molecular complexity index is 1140. The third-order valence-corrected chi connectivity index (χ3v) is 7.42. The van der Waals surface area contributed by atoms with E-state index < -0.39 is 17.6 Å². The van der Waals surface area contributed by atoms with E-state index in [0.29, 0.717) is 11.6 Å². The first-order valence-electron chi connectivity index (χ1n) is 11.4. The number of thioether (sulfide) groups is 1. The van der Waals surface area contributed by atoms with Crippen LogP contribution < -0.4 is 11.0 Å². The number of amides is 1. The number of benzene rings is 1. The molecule has 0 saturated carbocycles. The number of fused-ring (bicyclic) bond motifs is 1. The van der Waals surface area contributed by atoms with Crippen LogP contribution in [0.5, 0.6) is 0 Å². The summed E-state index contributed by atoms with van der Waals surface area (Å²) in [7, 11) is 0. The van der Waals surface area contributed by atoms with Gasteiger partial charge in [-0.1, -0.05) is 23.4 Å². The average Bonchev–Trinajstić information content (AvgIpc) is 3.30. The van der Waals surface area contributed by atoms with Gasteiger partial charge in [-0.2, -0.15) is 18.2 Å². The molecular formula is C23H26ClF3N4O3S. The summed E-state index contributed by atoms with van der Waals surface area (Å²) >= 11 is 7.07. The van der Waals surface area contributed by atoms with Gasteiger partial charge in [0.2, 0.25) is 5.91 Å². The molecular weight excluding hydrogens is 505 g/mol. The van der Waals surface area contributed by atoms with Crippen LogP contribution >= 0.6 is 23.4 Å². The van der Waals surface area contributed by atoms with E-state index in [1.807, 2.05) is 0 Å². The van der Waals surface area contributed by atoms with E-state index in [1.54, 1.807) is 4.57 Å². The van der Waals surface area contributed by atoms with Crippen LogP contribution in [0.15, 0.2) is 28.0 Å². The van der Waals surface area contributed by atoms with Crippen molar-refractivity contribution in [3.8, 4) is 0 Å². The van der Waals surface area contributed by atoms with Crippen molar-refractivity contribution in [3.63, 3.8) is 0 Å². The number of anilines is 1. The van der Waals surface area contributed by atoms with Gasteiger partial charge in [0.1, 0.15) is 5.03 Å². The van der Waals surface area contributed by atoms with Gasteiger partial charge in [0.25, 0.3) is 0 Å². The fourth-order valence-electron chi connectivity index (χ4n) is 4.33. The van der Waals surface area contributed by atoms with E-state index in [0.717, 1.165) is 99.7 Å². The summed E-state index contributed by atoms with van der Waals surface area (Å²) in [6.45, 7) is 4.74. The number of nitrogens with zero attached hydrogens (tertiary/aromatic N) is 3. The van der Waals surface area contributed by atoms with Crippen molar-refractivity contribution < 1.29 is 22.7 Å². The second-order valence-electron chi connectivity index (χ2n) is 8.47. The Labute approximate surface area is 210 Å². The summed E-state index contributed by atoms with van der Waals surface area (Å²) in [6, 6.07) is 2.76. The van der Waals surface area contributed by atoms with E-state index >= 15 is 0 Å². The predicted octanol–water partition coefficient (Wildman–Crippen LogP) is 3.86. The van der Waals surface area contributed by atoms with Gasteiger partial charge in [-0.05, 0) is 43.9 Å². The molecule has 12 heteroatoms. The van der Waals surface area contributed by atoms with E-state index in [2.05, 4.69) is 15.2 Å². The summed E-state index contributed by atoms with van der Waals surface area (Å²) in [4.78, 5) is 31.8. The molecule has 2 aliphatic rings. The van der Waals surface area contributed by atoms with Gasteiger partial charge in [-0.25, -0.2) is 4.79 Å². The zero-order chi connectivity index (χ0) is 25.0. The van der Waals surface area contributed by atoms with Crippen LogP contribution in [-0.4, -0.2) is 59.0 Å². The standard InChI is InChI=1S/C23H26ClF3N4O3S/c24-17-6-5-15(23(25,26)27)13-18(17)28-20(32)14-35-21-16-3-1-4-19(16)31(22(33)29-21)8-2-7-30-9-11-34-12-10-30/h5-6,13H,1-4,7-12,14H2,(H,28,32). The molecule has 0 bridgehead atoms. The van der Waals surface area contributed by atoms with Crippen LogP contribution in [0.1, 0.15) is 29.7 Å². The van der Waals surface area contributed by atoms with Crippen molar-refractivity contribution in [2.75, 3.05) is 43.9 Å². The SMILES string of the molecule is O=C(CSc1nc(=O)n(CCCN2CCOCC2)c2c1CCC2)Nc1cc(C(F)(F)F)ccc1Cl. The minimum absolute atomic E-state index is 0.00930. The molecule has 190 valence electrons. The molecule has 0 spiro atoms. The molecule has 2 aromatic rings. The monoisotopic (exact) mass is 530 g/mol. The lowest BCUT2D eigenvalue weighted by molar-refractivity contribution is -0.137. The summed E-state index contributed by atoms with van der Waals surface area (Å²) in [5.41, 5.74) is 0.598. The topological polar surface area (TPSA) is 76.5 Å². The Morgan fingerprint density at radius 3 is 2.71 bits per heavy atom. The second kappa shape index (κ2) is 11.3. The molecule has 0 radical (unpaired) electrons. The highest BCUT2D eigenvalue weighted by Crippen LogP contribution is 2.34. The Hall–Kier alpha value is -2.08. The predicted molar refractivity (Wildman–Crippen MR) is 128 cm³/mol. The number of carbonyl (C=O) groups is 1. The molecule has 4 rings (SSSR count). The van der Waals surface area contributed by atoms with Gasteiger partial charge < -0.3 is 10.1 Å². The van der Waals surface area contributed by atoms with E-state index in [-0.39, 0.29) is 22.2 Å². The van der Waals surface area contributed by atoms with Gasteiger partial charge >= 0.3 is 11.9 Å². The molecule has 1 aliphatic heterocycles. The number of alkyl halides is 3. The fraction of sp³-hybridized carbons (Fsp3) is 0.522. The van der Waals surface area contributed by atoms with Crippen molar-refractivity contribution >= 4 is 35.0 Å². The van der Waals surface area contributed by atoms with Crippen LogP contribution in [-0.2, 0) is 35.1 Å². The number of carbonyl (C=O) groups excluding carboxylic acids is 1. The number of hydrogen-bond donors (Lipinski definition) is 1. The van der Waals surface area contributed by atoms with Crippen LogP contribution in [0.4, 0.5) is 18.9 Å². The van der Waals surface area contributed by atoms with Gasteiger partial charge in [-0.3, -0.25) is 14.3 Å². The molecule has 1 aromatic heterocycles. The van der Waals surface area contributed by atoms with Gasteiger partial charge in [-0.15, -0.1) is 0 Å². The summed E-state index contributed by atoms with van der Waals surface area (Å²) in [5.74, 6) is -0.633. The molecule has 1 saturated heterocycles. The van der Waals surface area contributed by atoms with Crippen molar-refractivity contribution in [1.29, 1.82) is 0 Å². The minimum atomic E-state index is -4.55. The molecule has 2 heterocycles. The number of hydrogen-bond acceptors (Lipinski definition) is 6. The van der Waals surface area contributed by atoms with Crippen molar-refractivity contribution in [1.82, 2.24) is 14.5 Å². The first kappa shape index (κ1) is 26.0. The normalized spacial score (nSPS) is 16.3. The van der Waals surface area contributed by atoms with Crippen LogP contribution in [0.25, 0.3) is 0 Å². The number of morpholine rings is 1. The molecule has 1 amide bonds. The summed E-state index contributed by atoms with van der Waals surface area (Å²) < 4.78 is 46.0. The largest absolute Gasteiger partial charge is 0.416 e. The highest BCUT2D eigenvalue weighted by atomic mass is 35.5. The highest BCUT2D eigenvalue weighted by Gasteiger charge is 2.31. The first-order chi connectivity index (χ1) is 16.7. The number of aromatic nitrogens is 2. The molecule has 1 aromatic carbocycles. The smallest absolute Gasteiger partial charge is 0.379 e. The molecule has 0 unspecified atom stereocenters. The first-order valence-corrected chi connectivity index (χ1v) is 12.8. The second-order valence-corrected chi connectivity index (χ2v) is 9.84. The maximum atomic E-state index is 13.0. The minimum Gasteiger partial charge on any atom is -0.379 e. The van der Waals surface area contributed by atoms with E-state index in [1.165, 1.54) is 0 Å². The number of rotatable bonds is 8. The summed E-state index contributed by atoms with van der Waals surface area (Å²) in [6.07, 6.45) is -1.25. The molecule has 35 heavy (non-hydrogen) atoms. The Morgan fingerprint density at radius 2 is 1.97 bits per heavy atom. The third kappa shape index (κ3) is 6.58. The Morgan fingerprint density at radius 1 is 1.20 bits per heavy atom. The van der Waals surface area contributed by atoms with Crippen LogP contribution in [0.2, 0.25) is 5.02 Å². The zero-order valence-electron chi connectivity index (χ0n) is 19.0. The average molecular weight is 531 g/mol. The quantitative estimate of drug-likeness (QED) is 0.413. The Kier molecular flexibility index (Phi) is 8.41. The zero-order valence-corrected chi connectivity index (χ0v) is 20.6. The van der Waals surface area contributed by atoms with Gasteiger partial charge in [0.15, 0.2) is 0 Å². The van der Waals surface area contributed by atoms with Gasteiger partial charge in [0.05, 0.1) is 35.2 Å². The van der Waals surface area contributed by atoms with Crippen molar-refractivity contribution in [2.45, 2.75) is 43.4 Å². The lowest BCUT2D eigenvalue weighted by Crippen LogP contribution is -2.37. The molecule has 1 fully saturated rings. The number of nitrogens with one attached hydrogen (secondary N) is 1. The van der Waals surface area contributed by atoms with E-state index in [4.69, 9.17) is 16.3 Å². The maximum Gasteiger partial charge on any atom is 0.416 e. The molecule has 1 aliphatic carbocycles. The number of ether oxygens (including phenoxy) is 1. The van der Waals surface area contributed by atoms with Gasteiger partial charge in [0, 0.05) is 37.4 Å². The Balaban J connectivity index is 1.39. The van der Waals surface area contributed by atoms with E-state index in [9.17, 15) is 22.8 Å². The molecule has 0 atom stereocenters. The van der Waals surface area contributed by atoms with Crippen LogP contribution in [0.3, 0.4) is 0 Å². The summed E-state index contributed by atoms with van der Waals surface area (Å²) in [5, 5.41) is 2.95. The van der Waals surface area contributed by atoms with Crippen molar-refractivity contribution in [2.24, 2.45) is 0 Å². The highest BCUT2D eigenvalue weighted by molar-refractivity contribution is 8.00. The fourth-order valence-corrected chi connectivity index (χ4v) is 5.37. The number of halogens is 4. The molecule has 1 N–H and O–H groups in total.